The van der Waals surface area contributed by atoms with Gasteiger partial charge in [-0.25, -0.2) is 9.97 Å². The van der Waals surface area contributed by atoms with Gasteiger partial charge >= 0.3 is 0 Å². The van der Waals surface area contributed by atoms with Crippen LogP contribution < -0.4 is 10.9 Å². The van der Waals surface area contributed by atoms with Crippen molar-refractivity contribution >= 4 is 44.9 Å². The van der Waals surface area contributed by atoms with E-state index in [4.69, 9.17) is 11.6 Å². The van der Waals surface area contributed by atoms with Crippen molar-refractivity contribution in [1.82, 2.24) is 19.6 Å². The second-order valence-electron chi connectivity index (χ2n) is 5.18. The molecule has 124 valence electrons. The average molecular weight is 411 g/mol. The predicted molar refractivity (Wildman–Crippen MR) is 94.4 cm³/mol. The normalized spacial score (nSPS) is 11.0. The molecule has 24 heavy (non-hydrogen) atoms. The molecule has 2 N–H and O–H groups in total. The van der Waals surface area contributed by atoms with E-state index < -0.39 is 0 Å². The number of carbonyl (C=O) groups is 1. The highest BCUT2D eigenvalue weighted by Gasteiger charge is 2.13. The predicted octanol–water partition coefficient (Wildman–Crippen LogP) is 2.71. The number of aryl methyl sites for hydroxylation is 1. The van der Waals surface area contributed by atoms with E-state index >= 15 is 0 Å². The van der Waals surface area contributed by atoms with Gasteiger partial charge in [0.25, 0.3) is 11.3 Å². The zero-order valence-electron chi connectivity index (χ0n) is 12.6. The van der Waals surface area contributed by atoms with E-state index in [0.717, 1.165) is 4.47 Å². The third kappa shape index (κ3) is 3.34. The molecule has 0 atom stereocenters. The Morgan fingerprint density at radius 1 is 1.46 bits per heavy atom. The Hall–Kier alpha value is -2.19. The third-order valence-corrected chi connectivity index (χ3v) is 4.35. The van der Waals surface area contributed by atoms with Gasteiger partial charge in [-0.1, -0.05) is 27.5 Å². The lowest BCUT2D eigenvalue weighted by Crippen LogP contribution is -2.23. The number of anilines is 1. The SMILES string of the molecule is Cc1nc2nc[nH]n2c(=O)c1CCC(=O)Nc1ccc(Br)cc1Cl. The molecule has 0 saturated carbocycles. The van der Waals surface area contributed by atoms with Crippen LogP contribution in [0, 0.1) is 6.92 Å². The van der Waals surface area contributed by atoms with Crippen molar-refractivity contribution in [2.45, 2.75) is 19.8 Å². The van der Waals surface area contributed by atoms with Crippen LogP contribution >= 0.6 is 27.5 Å². The number of halogens is 2. The molecule has 0 aliphatic rings. The largest absolute Gasteiger partial charge is 0.325 e. The van der Waals surface area contributed by atoms with Crippen LogP contribution in [0.25, 0.3) is 5.78 Å². The number of nitrogens with one attached hydrogen (secondary N) is 2. The Morgan fingerprint density at radius 3 is 3.00 bits per heavy atom. The number of carbonyl (C=O) groups excluding carboxylic acids is 1. The molecule has 0 unspecified atom stereocenters. The lowest BCUT2D eigenvalue weighted by atomic mass is 10.1. The van der Waals surface area contributed by atoms with Gasteiger partial charge in [-0.05, 0) is 31.5 Å². The van der Waals surface area contributed by atoms with E-state index in [1.807, 2.05) is 0 Å². The van der Waals surface area contributed by atoms with E-state index in [1.54, 1.807) is 25.1 Å². The standard InChI is InChI=1S/C15H13BrClN5O2/c1-8-10(14(24)22-15(20-8)18-7-19-22)3-5-13(23)21-12-4-2-9(16)6-11(12)17/h2,4,6-7H,3,5H2,1H3,(H,21,23)(H,18,19,20). The Balaban J connectivity index is 1.73. The van der Waals surface area contributed by atoms with Crippen molar-refractivity contribution in [3.8, 4) is 0 Å². The van der Waals surface area contributed by atoms with Crippen LogP contribution in [0.2, 0.25) is 5.02 Å². The summed E-state index contributed by atoms with van der Waals surface area (Å²) in [5.74, 6) is 0.0834. The van der Waals surface area contributed by atoms with Crippen LogP contribution in [0.5, 0.6) is 0 Å². The minimum absolute atomic E-state index is 0.143. The summed E-state index contributed by atoms with van der Waals surface area (Å²) in [7, 11) is 0. The highest BCUT2D eigenvalue weighted by Crippen LogP contribution is 2.25. The first-order valence-corrected chi connectivity index (χ1v) is 8.29. The molecule has 0 aliphatic carbocycles. The second kappa shape index (κ2) is 6.74. The molecule has 2 aromatic heterocycles. The third-order valence-electron chi connectivity index (χ3n) is 3.54. The lowest BCUT2D eigenvalue weighted by Gasteiger charge is -2.08. The van der Waals surface area contributed by atoms with Gasteiger partial charge in [0.05, 0.1) is 16.4 Å². The van der Waals surface area contributed by atoms with E-state index in [0.29, 0.717) is 27.7 Å². The summed E-state index contributed by atoms with van der Waals surface area (Å²) in [5, 5.41) is 5.88. The number of fused-ring (bicyclic) bond motifs is 1. The number of aromatic amines is 1. The molecule has 7 nitrogen and oxygen atoms in total. The first-order valence-electron chi connectivity index (χ1n) is 7.12. The number of hydrogen-bond donors (Lipinski definition) is 2. The monoisotopic (exact) mass is 409 g/mol. The molecule has 0 saturated heterocycles. The Labute approximate surface area is 150 Å². The first-order chi connectivity index (χ1) is 11.5. The van der Waals surface area contributed by atoms with E-state index in [1.165, 1.54) is 10.8 Å². The number of nitrogens with zero attached hydrogens (tertiary/aromatic N) is 3. The van der Waals surface area contributed by atoms with Gasteiger partial charge in [0.15, 0.2) is 0 Å². The quantitative estimate of drug-likeness (QED) is 0.692. The van der Waals surface area contributed by atoms with Crippen LogP contribution in [0.4, 0.5) is 5.69 Å². The van der Waals surface area contributed by atoms with Crippen LogP contribution in [0.3, 0.4) is 0 Å². The van der Waals surface area contributed by atoms with E-state index in [-0.39, 0.29) is 24.3 Å². The van der Waals surface area contributed by atoms with Crippen LogP contribution in [0.1, 0.15) is 17.7 Å². The molecule has 0 bridgehead atoms. The van der Waals surface area contributed by atoms with Crippen LogP contribution in [0.15, 0.2) is 33.8 Å². The minimum atomic E-state index is -0.246. The summed E-state index contributed by atoms with van der Waals surface area (Å²) in [4.78, 5) is 32.7. The number of amides is 1. The van der Waals surface area contributed by atoms with E-state index in [2.05, 4.69) is 36.3 Å². The topological polar surface area (TPSA) is 92.2 Å². The average Bonchev–Trinajstić information content (AvgIpc) is 2.98. The highest BCUT2D eigenvalue weighted by molar-refractivity contribution is 9.10. The molecule has 0 fully saturated rings. The summed E-state index contributed by atoms with van der Waals surface area (Å²) in [6.45, 7) is 1.73. The molecular formula is C15H13BrClN5O2. The van der Waals surface area contributed by atoms with Crippen LogP contribution in [-0.4, -0.2) is 25.5 Å². The fourth-order valence-electron chi connectivity index (χ4n) is 2.33. The molecule has 3 rings (SSSR count). The maximum absolute atomic E-state index is 12.4. The van der Waals surface area contributed by atoms with Crippen molar-refractivity contribution in [1.29, 1.82) is 0 Å². The molecule has 1 aromatic carbocycles. The van der Waals surface area contributed by atoms with Gasteiger partial charge in [0, 0.05) is 16.5 Å². The number of benzene rings is 1. The summed E-state index contributed by atoms with van der Waals surface area (Å²) in [6, 6.07) is 5.20. The fourth-order valence-corrected chi connectivity index (χ4v) is 3.05. The summed E-state index contributed by atoms with van der Waals surface area (Å²) >= 11 is 9.38. The van der Waals surface area contributed by atoms with Crippen molar-refractivity contribution in [3.05, 3.63) is 55.6 Å². The van der Waals surface area contributed by atoms with Gasteiger partial charge in [-0.15, -0.1) is 0 Å². The molecule has 3 aromatic rings. The fraction of sp³-hybridized carbons (Fsp3) is 0.200. The Morgan fingerprint density at radius 2 is 2.25 bits per heavy atom. The molecule has 2 heterocycles. The summed E-state index contributed by atoms with van der Waals surface area (Å²) in [6.07, 6.45) is 1.82. The lowest BCUT2D eigenvalue weighted by molar-refractivity contribution is -0.116. The molecule has 0 spiro atoms. The van der Waals surface area contributed by atoms with Crippen molar-refractivity contribution in [2.24, 2.45) is 0 Å². The summed E-state index contributed by atoms with van der Waals surface area (Å²) in [5.41, 5.74) is 1.33. The number of aromatic nitrogens is 4. The van der Waals surface area contributed by atoms with Crippen LogP contribution in [-0.2, 0) is 11.2 Å². The number of H-pyrrole nitrogens is 1. The molecule has 1 amide bonds. The first kappa shape index (κ1) is 16.7. The molecule has 0 radical (unpaired) electrons. The van der Waals surface area contributed by atoms with Gasteiger partial charge in [0.1, 0.15) is 6.33 Å². The number of rotatable bonds is 4. The van der Waals surface area contributed by atoms with Crippen molar-refractivity contribution < 1.29 is 4.79 Å². The molecule has 9 heteroatoms. The van der Waals surface area contributed by atoms with Crippen molar-refractivity contribution in [2.75, 3.05) is 5.32 Å². The Kier molecular flexibility index (Phi) is 4.68. The second-order valence-corrected chi connectivity index (χ2v) is 6.50. The zero-order chi connectivity index (χ0) is 17.3. The minimum Gasteiger partial charge on any atom is -0.325 e. The maximum Gasteiger partial charge on any atom is 0.277 e. The van der Waals surface area contributed by atoms with E-state index in [9.17, 15) is 9.59 Å². The zero-order valence-corrected chi connectivity index (χ0v) is 15.0. The van der Waals surface area contributed by atoms with Gasteiger partial charge in [-0.3, -0.25) is 14.7 Å². The highest BCUT2D eigenvalue weighted by atomic mass is 79.9. The maximum atomic E-state index is 12.4. The van der Waals surface area contributed by atoms with Gasteiger partial charge in [0.2, 0.25) is 5.91 Å². The van der Waals surface area contributed by atoms with Gasteiger partial charge in [-0.2, -0.15) is 4.52 Å². The molecule has 0 aliphatic heterocycles. The summed E-state index contributed by atoms with van der Waals surface area (Å²) < 4.78 is 2.08. The smallest absolute Gasteiger partial charge is 0.277 e. The molecular weight excluding hydrogens is 398 g/mol. The Bertz CT molecular complexity index is 982. The number of hydrogen-bond acceptors (Lipinski definition) is 4. The van der Waals surface area contributed by atoms with Gasteiger partial charge < -0.3 is 5.32 Å². The van der Waals surface area contributed by atoms with Crippen molar-refractivity contribution in [3.63, 3.8) is 0 Å².